The molecular weight excluding hydrogens is 773 g/mol. The molecule has 8 bridgehead atoms. The van der Waals surface area contributed by atoms with Crippen LogP contribution in [0.1, 0.15) is 167 Å². The van der Waals surface area contributed by atoms with Crippen LogP contribution in [0.2, 0.25) is 0 Å². The van der Waals surface area contributed by atoms with Crippen molar-refractivity contribution in [3.63, 3.8) is 0 Å². The number of nitrogens with zero attached hydrogens (tertiary/aromatic N) is 4. The summed E-state index contributed by atoms with van der Waals surface area (Å²) in [5, 5.41) is 6.92. The molecule has 61 heavy (non-hydrogen) atoms. The topological polar surface area (TPSA) is 126 Å². The zero-order chi connectivity index (χ0) is 43.4. The summed E-state index contributed by atoms with van der Waals surface area (Å²) in [4.78, 5) is 56.6. The van der Waals surface area contributed by atoms with Crippen LogP contribution in [0.4, 0.5) is 0 Å². The van der Waals surface area contributed by atoms with Gasteiger partial charge in [-0.05, 0) is 89.5 Å². The number of ketones is 1. The number of esters is 2. The van der Waals surface area contributed by atoms with Gasteiger partial charge >= 0.3 is 35.0 Å². The van der Waals surface area contributed by atoms with Crippen molar-refractivity contribution in [1.82, 2.24) is 15.0 Å². The molecule has 2 aliphatic heterocycles. The summed E-state index contributed by atoms with van der Waals surface area (Å²) in [6, 6.07) is 0. The van der Waals surface area contributed by atoms with Gasteiger partial charge in [-0.3, -0.25) is 14.4 Å². The van der Waals surface area contributed by atoms with E-state index in [0.717, 1.165) is 87.6 Å². The van der Waals surface area contributed by atoms with Crippen LogP contribution in [0, 0.1) is 50.4 Å². The summed E-state index contributed by atoms with van der Waals surface area (Å²) in [5.74, 6) is -1.41. The molecule has 324 valence electrons. The summed E-state index contributed by atoms with van der Waals surface area (Å²) >= 11 is 0. The second kappa shape index (κ2) is 20.9. The Bertz CT molecular complexity index is 2330. The first-order valence-corrected chi connectivity index (χ1v) is 22.5. The van der Waals surface area contributed by atoms with Crippen molar-refractivity contribution in [2.75, 3.05) is 13.7 Å². The van der Waals surface area contributed by atoms with E-state index in [1.165, 1.54) is 44.8 Å². The van der Waals surface area contributed by atoms with E-state index in [9.17, 15) is 14.4 Å². The smallest absolute Gasteiger partial charge is 0.664 e. The maximum absolute atomic E-state index is 14.3. The molecule has 5 atom stereocenters. The Labute approximate surface area is 379 Å². The Morgan fingerprint density at radius 1 is 0.820 bits per heavy atom. The number of methoxy groups -OCH3 is 1. The van der Waals surface area contributed by atoms with Crippen LogP contribution in [0.3, 0.4) is 0 Å². The minimum absolute atomic E-state index is 0. The van der Waals surface area contributed by atoms with Crippen LogP contribution < -0.4 is 25.7 Å². The number of ether oxygens (including phenoxy) is 2. The van der Waals surface area contributed by atoms with Gasteiger partial charge in [-0.15, -0.1) is 33.5 Å². The second-order valence-electron chi connectivity index (χ2n) is 17.7. The quantitative estimate of drug-likeness (QED) is 0.0572. The summed E-state index contributed by atoms with van der Waals surface area (Å²) in [6.07, 6.45) is 18.7. The Kier molecular flexibility index (Phi) is 16.4. The van der Waals surface area contributed by atoms with Crippen molar-refractivity contribution in [1.29, 1.82) is 0 Å². The number of carbonyl (C=O) groups is 3. The first kappa shape index (κ1) is 48.0. The molecule has 5 heterocycles. The Morgan fingerprint density at radius 2 is 1.49 bits per heavy atom. The number of allylic oxidation sites excluding steroid dienone is 3. The van der Waals surface area contributed by atoms with Gasteiger partial charge in [-0.2, -0.15) is 11.4 Å². The molecule has 9 nitrogen and oxygen atoms in total. The minimum Gasteiger partial charge on any atom is -0.664 e. The molecule has 1 aliphatic carbocycles. The predicted molar refractivity (Wildman–Crippen MR) is 245 cm³/mol. The third-order valence-electron chi connectivity index (χ3n) is 13.7. The average Bonchev–Trinajstić information content (AvgIpc) is 3.97. The van der Waals surface area contributed by atoms with Crippen LogP contribution in [0.15, 0.2) is 23.0 Å². The Hall–Kier alpha value is -4.02. The molecule has 0 spiro atoms. The van der Waals surface area contributed by atoms with E-state index in [2.05, 4.69) is 68.4 Å². The second-order valence-corrected chi connectivity index (χ2v) is 17.7. The van der Waals surface area contributed by atoms with E-state index in [-0.39, 0.29) is 59.7 Å². The Balaban J connectivity index is 0.00000704. The van der Waals surface area contributed by atoms with Crippen molar-refractivity contribution in [2.24, 2.45) is 29.6 Å². The third-order valence-corrected chi connectivity index (χ3v) is 13.7. The van der Waals surface area contributed by atoms with Crippen molar-refractivity contribution in [2.45, 2.75) is 140 Å². The van der Waals surface area contributed by atoms with E-state index < -0.39 is 11.9 Å². The fourth-order valence-electron chi connectivity index (χ4n) is 9.49. The largest absolute Gasteiger partial charge is 2.00 e. The van der Waals surface area contributed by atoms with Gasteiger partial charge in [0.2, 0.25) is 0 Å². The number of hydrogen-bond acceptors (Lipinski definition) is 5. The predicted octanol–water partition coefficient (Wildman–Crippen LogP) is 8.87. The van der Waals surface area contributed by atoms with Crippen LogP contribution in [-0.2, 0) is 31.9 Å². The molecule has 0 N–H and O–H groups in total. The molecule has 0 aromatic carbocycles. The van der Waals surface area contributed by atoms with Gasteiger partial charge < -0.3 is 29.7 Å². The monoisotopic (exact) mass is 838 g/mol. The van der Waals surface area contributed by atoms with Crippen LogP contribution >= 0.6 is 0 Å². The molecule has 0 amide bonds. The number of carbonyl (C=O) groups excluding carboxylic acids is 3. The van der Waals surface area contributed by atoms with Gasteiger partial charge in [0.1, 0.15) is 12.5 Å². The minimum atomic E-state index is -1.21. The molecule has 1 saturated heterocycles. The van der Waals surface area contributed by atoms with E-state index in [1.807, 2.05) is 25.2 Å². The van der Waals surface area contributed by atoms with E-state index in [0.29, 0.717) is 40.2 Å². The van der Waals surface area contributed by atoms with Crippen LogP contribution in [-0.4, -0.2) is 54.5 Å². The normalized spacial score (nSPS) is 22.3. The molecule has 3 aromatic rings. The van der Waals surface area contributed by atoms with Crippen LogP contribution in [0.5, 0.6) is 0 Å². The molecule has 6 rings (SSSR count). The molecule has 0 saturated carbocycles. The molecule has 0 radical (unpaired) electrons. The van der Waals surface area contributed by atoms with E-state index in [1.54, 1.807) is 0 Å². The zero-order valence-electron chi connectivity index (χ0n) is 38.7. The summed E-state index contributed by atoms with van der Waals surface area (Å²) in [7, 11) is 1.30. The molecule has 3 aromatic heterocycles. The van der Waals surface area contributed by atoms with Crippen LogP contribution in [0.25, 0.3) is 29.1 Å². The number of fused-ring (bicyclic) bond motifs is 7. The number of hydrogen-bond donors (Lipinski definition) is 0. The number of aromatic nitrogens is 3. The van der Waals surface area contributed by atoms with Gasteiger partial charge in [0.05, 0.1) is 7.11 Å². The average molecular weight is 839 g/mol. The first-order chi connectivity index (χ1) is 28.7. The van der Waals surface area contributed by atoms with Crippen molar-refractivity contribution >= 4 is 64.6 Å². The fourth-order valence-corrected chi connectivity index (χ4v) is 9.49. The van der Waals surface area contributed by atoms with Gasteiger partial charge in [0, 0.05) is 12.0 Å². The maximum atomic E-state index is 14.3. The van der Waals surface area contributed by atoms with Crippen molar-refractivity contribution < 1.29 is 23.9 Å². The molecule has 10 heteroatoms. The maximum Gasteiger partial charge on any atom is 2.00 e. The standard InChI is InChI=1S/C51H67N4O5.Mg/c1-12-28(4)17-15-18-29(5)19-16-20-30(6)23-24-60-44(56)22-21-37-33(9)40-25-38-31(7)35(13-2)42(52-38)26-39-32(8)36(14-3)43(53-39)27-41-34(10)45-49(55-41)46(48(37)54-40)47(50(45)57)51(58)59-11;/h23,25-29,33,37,47H,12-22,24H2,1-11H3,(H-,54,55,57);/q-3;+2/p-1/b30-23-,39-26-,40-25-,43-27-;/t28-,29-,33+,37+,47-;/m1./s1. The number of Topliss-reactive ketones (excluding diaryl/α,β-unsaturated/α-hetero) is 1. The van der Waals surface area contributed by atoms with Crippen molar-refractivity contribution in [3.8, 4) is 0 Å². The molecule has 3 aliphatic rings. The molecule has 0 unspecified atom stereocenters. The Morgan fingerprint density at radius 3 is 2.18 bits per heavy atom. The van der Waals surface area contributed by atoms with Gasteiger partial charge in [-0.25, -0.2) is 0 Å². The van der Waals surface area contributed by atoms with E-state index >= 15 is 0 Å². The molecular formula is C51H66MgN4O5-2. The number of rotatable bonds is 17. The SMILES string of the molecule is CCc1c2[n-]c(c1C)/C=C1\[N-]/C(=C3\c4[n-]c(c(C)c4C(=O)[C@@H]3C(=O)OC)/C=c3\[n-]/c(c(C)c3CC)=C\2)[C@@H](CCC(=O)OC/C=C(/C)CCC[C@H](C)CCC[C@H](C)CC)[C@@H]1C.[Mg+2]. The van der Waals surface area contributed by atoms with E-state index in [4.69, 9.17) is 29.7 Å². The fraction of sp³-hybridized carbons (Fsp3) is 0.549. The third kappa shape index (κ3) is 10.1. The van der Waals surface area contributed by atoms with Gasteiger partial charge in [0.25, 0.3) is 0 Å². The molecule has 1 fully saturated rings. The zero-order valence-corrected chi connectivity index (χ0v) is 40.1. The summed E-state index contributed by atoms with van der Waals surface area (Å²) in [5.41, 5.74) is 11.4. The van der Waals surface area contributed by atoms with Crippen molar-refractivity contribution in [3.05, 3.63) is 95.2 Å². The summed E-state index contributed by atoms with van der Waals surface area (Å²) < 4.78 is 11.0. The van der Waals surface area contributed by atoms with Gasteiger partial charge in [0.15, 0.2) is 5.78 Å². The first-order valence-electron chi connectivity index (χ1n) is 22.5. The van der Waals surface area contributed by atoms with Gasteiger partial charge in [-0.1, -0.05) is 131 Å². The summed E-state index contributed by atoms with van der Waals surface area (Å²) in [6.45, 7) is 21.7.